The Labute approximate surface area is 240 Å². The number of carbonyl (C=O) groups is 2. The van der Waals surface area contributed by atoms with Crippen molar-refractivity contribution in [1.29, 1.82) is 0 Å². The number of nitrogens with zero attached hydrogens (tertiary/aromatic N) is 3. The standard InChI is InChI=1S/C28H33FN8O5/c1-26(2)9-10-42-20-16(7-4-8-17(20)26)23(39)34-19-13-37-25(31)33-18(12-32-22(38)14-5-3-6-15(29)11-14)21-27(37,28(19,40)41)36-24(30)35-21/h3-8,11,18-19,21,40-41H,9-10,12-13H2,1-2H3,(H2,31,33)(H,32,38)(H,34,39)(H3,30,35,36)/t18-,19?,21?,27?/m0/s1. The Morgan fingerprint density at radius 1 is 1.17 bits per heavy atom. The number of hydrogen-bond donors (Lipinski definition) is 7. The summed E-state index contributed by atoms with van der Waals surface area (Å²) in [7, 11) is 0. The molecule has 4 aliphatic rings. The summed E-state index contributed by atoms with van der Waals surface area (Å²) in [6.07, 6.45) is 0.790. The Hall–Kier alpha value is -4.43. The average Bonchev–Trinajstić information content (AvgIpc) is 3.40. The Bertz CT molecular complexity index is 1530. The SMILES string of the molecule is CC1(C)CCOc2c(C(=O)NC3CN4C(N)=N[C@@H](CNC(=O)c5cccc(F)c5)C5N=C(N)NC54C3(O)O)cccc21. The zero-order valence-corrected chi connectivity index (χ0v) is 23.1. The van der Waals surface area contributed by atoms with Crippen molar-refractivity contribution >= 4 is 23.7 Å². The number of ether oxygens (including phenoxy) is 1. The van der Waals surface area contributed by atoms with Gasteiger partial charge in [-0.05, 0) is 36.1 Å². The molecule has 2 amide bonds. The Morgan fingerprint density at radius 2 is 1.93 bits per heavy atom. The van der Waals surface area contributed by atoms with Gasteiger partial charge in [0.15, 0.2) is 17.6 Å². The number of hydrogen-bond acceptors (Lipinski definition) is 11. The Kier molecular flexibility index (Phi) is 6.31. The normalized spacial score (nSPS) is 28.2. The van der Waals surface area contributed by atoms with Gasteiger partial charge < -0.3 is 47.3 Å². The number of rotatable bonds is 5. The average molecular weight is 581 g/mol. The number of benzene rings is 2. The highest BCUT2D eigenvalue weighted by molar-refractivity contribution is 5.98. The maximum absolute atomic E-state index is 13.6. The number of para-hydroxylation sites is 1. The molecule has 222 valence electrons. The maximum Gasteiger partial charge on any atom is 0.255 e. The van der Waals surface area contributed by atoms with Crippen LogP contribution in [0.5, 0.6) is 5.75 Å². The maximum atomic E-state index is 13.6. The van der Waals surface area contributed by atoms with Crippen LogP contribution in [0.3, 0.4) is 0 Å². The first-order chi connectivity index (χ1) is 19.8. The van der Waals surface area contributed by atoms with Gasteiger partial charge in [-0.2, -0.15) is 0 Å². The minimum atomic E-state index is -2.65. The molecule has 3 unspecified atom stereocenters. The number of carbonyl (C=O) groups excluding carboxylic acids is 2. The molecule has 0 bridgehead atoms. The highest BCUT2D eigenvalue weighted by atomic mass is 19.1. The Morgan fingerprint density at radius 3 is 2.69 bits per heavy atom. The van der Waals surface area contributed by atoms with Crippen LogP contribution in [0.4, 0.5) is 4.39 Å². The van der Waals surface area contributed by atoms with Gasteiger partial charge in [-0.15, -0.1) is 0 Å². The molecule has 2 aromatic carbocycles. The van der Waals surface area contributed by atoms with E-state index in [2.05, 4.69) is 39.8 Å². The number of nitrogens with one attached hydrogen (secondary N) is 3. The Balaban J connectivity index is 1.26. The molecule has 14 heteroatoms. The third-order valence-corrected chi connectivity index (χ3v) is 8.63. The molecule has 4 heterocycles. The summed E-state index contributed by atoms with van der Waals surface area (Å²) in [4.78, 5) is 36.5. The van der Waals surface area contributed by atoms with Crippen LogP contribution in [-0.4, -0.2) is 88.1 Å². The van der Waals surface area contributed by atoms with Gasteiger partial charge >= 0.3 is 0 Å². The summed E-state index contributed by atoms with van der Waals surface area (Å²) < 4.78 is 19.5. The number of amides is 2. The van der Waals surface area contributed by atoms with E-state index in [0.717, 1.165) is 18.1 Å². The van der Waals surface area contributed by atoms with E-state index in [1.165, 1.54) is 23.1 Å². The molecule has 4 atom stereocenters. The molecular weight excluding hydrogens is 547 g/mol. The van der Waals surface area contributed by atoms with Gasteiger partial charge in [-0.1, -0.05) is 32.0 Å². The first-order valence-electron chi connectivity index (χ1n) is 13.6. The first kappa shape index (κ1) is 27.7. The second-order valence-corrected chi connectivity index (χ2v) is 11.7. The highest BCUT2D eigenvalue weighted by Crippen LogP contribution is 2.45. The van der Waals surface area contributed by atoms with Crippen LogP contribution in [0, 0.1) is 5.82 Å². The van der Waals surface area contributed by atoms with E-state index in [9.17, 15) is 24.2 Å². The third-order valence-electron chi connectivity index (χ3n) is 8.63. The zero-order chi connectivity index (χ0) is 30.0. The van der Waals surface area contributed by atoms with Gasteiger partial charge in [0.2, 0.25) is 5.79 Å². The molecule has 2 aromatic rings. The lowest BCUT2D eigenvalue weighted by Crippen LogP contribution is -2.78. The smallest absolute Gasteiger partial charge is 0.255 e. The summed E-state index contributed by atoms with van der Waals surface area (Å²) in [5, 5.41) is 31.7. The lowest BCUT2D eigenvalue weighted by Gasteiger charge is -2.49. The predicted molar refractivity (Wildman–Crippen MR) is 150 cm³/mol. The lowest BCUT2D eigenvalue weighted by molar-refractivity contribution is -0.230. The first-order valence-corrected chi connectivity index (χ1v) is 13.6. The van der Waals surface area contributed by atoms with Crippen molar-refractivity contribution in [3.05, 3.63) is 65.0 Å². The fraction of sp³-hybridized carbons (Fsp3) is 0.429. The molecule has 1 fully saturated rings. The van der Waals surface area contributed by atoms with E-state index in [4.69, 9.17) is 16.2 Å². The van der Waals surface area contributed by atoms with Gasteiger partial charge in [-0.25, -0.2) is 14.4 Å². The van der Waals surface area contributed by atoms with Gasteiger partial charge in [0.25, 0.3) is 11.8 Å². The molecule has 0 aliphatic carbocycles. The summed E-state index contributed by atoms with van der Waals surface area (Å²) in [6, 6.07) is 7.33. The summed E-state index contributed by atoms with van der Waals surface area (Å²) >= 11 is 0. The van der Waals surface area contributed by atoms with Gasteiger partial charge in [-0.3, -0.25) is 9.59 Å². The molecule has 1 spiro atoms. The van der Waals surface area contributed by atoms with E-state index in [0.29, 0.717) is 12.4 Å². The fourth-order valence-electron chi connectivity index (χ4n) is 6.36. The molecule has 9 N–H and O–H groups in total. The summed E-state index contributed by atoms with van der Waals surface area (Å²) in [6.45, 7) is 4.34. The van der Waals surface area contributed by atoms with Crippen molar-refractivity contribution < 1.29 is 28.9 Å². The second kappa shape index (κ2) is 9.56. The van der Waals surface area contributed by atoms with Crippen LogP contribution in [-0.2, 0) is 5.41 Å². The van der Waals surface area contributed by atoms with E-state index < -0.39 is 47.2 Å². The highest BCUT2D eigenvalue weighted by Gasteiger charge is 2.73. The van der Waals surface area contributed by atoms with E-state index in [1.54, 1.807) is 12.1 Å². The van der Waals surface area contributed by atoms with Crippen LogP contribution < -0.4 is 32.2 Å². The molecule has 0 saturated carbocycles. The van der Waals surface area contributed by atoms with Crippen molar-refractivity contribution in [3.8, 4) is 5.75 Å². The molecule has 1 saturated heterocycles. The van der Waals surface area contributed by atoms with E-state index >= 15 is 0 Å². The topological polar surface area (TPSA) is 200 Å². The minimum Gasteiger partial charge on any atom is -0.492 e. The van der Waals surface area contributed by atoms with E-state index in [-0.39, 0.29) is 41.6 Å². The molecular formula is C28H33FN8O5. The van der Waals surface area contributed by atoms with Gasteiger partial charge in [0.05, 0.1) is 18.2 Å². The zero-order valence-electron chi connectivity index (χ0n) is 23.1. The van der Waals surface area contributed by atoms with Crippen molar-refractivity contribution in [2.45, 2.75) is 55.3 Å². The quantitative estimate of drug-likeness (QED) is 0.219. The third kappa shape index (κ3) is 4.12. The number of aliphatic imine (C=N–C) groups is 2. The number of halogens is 1. The summed E-state index contributed by atoms with van der Waals surface area (Å²) in [5.74, 6) is -4.04. The molecule has 0 aromatic heterocycles. The molecule has 13 nitrogen and oxygen atoms in total. The molecule has 4 aliphatic heterocycles. The van der Waals surface area contributed by atoms with E-state index in [1.807, 2.05) is 6.07 Å². The number of aliphatic hydroxyl groups is 2. The van der Waals surface area contributed by atoms with Gasteiger partial charge in [0.1, 0.15) is 23.7 Å². The lowest BCUT2D eigenvalue weighted by atomic mass is 9.79. The van der Waals surface area contributed by atoms with Crippen molar-refractivity contribution in [3.63, 3.8) is 0 Å². The van der Waals surface area contributed by atoms with Gasteiger partial charge in [0, 0.05) is 24.2 Å². The monoisotopic (exact) mass is 580 g/mol. The number of fused-ring (bicyclic) bond motifs is 1. The van der Waals surface area contributed by atoms with Crippen molar-refractivity contribution in [1.82, 2.24) is 20.9 Å². The largest absolute Gasteiger partial charge is 0.492 e. The second-order valence-electron chi connectivity index (χ2n) is 11.7. The van der Waals surface area contributed by atoms with Crippen molar-refractivity contribution in [2.24, 2.45) is 21.5 Å². The minimum absolute atomic E-state index is 0.0694. The predicted octanol–water partition coefficient (Wildman–Crippen LogP) is -0.910. The van der Waals surface area contributed by atoms with Crippen LogP contribution in [0.25, 0.3) is 0 Å². The van der Waals surface area contributed by atoms with Crippen molar-refractivity contribution in [2.75, 3.05) is 19.7 Å². The molecule has 42 heavy (non-hydrogen) atoms. The van der Waals surface area contributed by atoms with Crippen LogP contribution in [0.1, 0.15) is 46.5 Å². The van der Waals surface area contributed by atoms with Crippen LogP contribution in [0.2, 0.25) is 0 Å². The number of nitrogens with two attached hydrogens (primary N) is 2. The molecule has 6 rings (SSSR count). The molecule has 0 radical (unpaired) electrons. The van der Waals surface area contributed by atoms with Crippen LogP contribution >= 0.6 is 0 Å². The summed E-state index contributed by atoms with van der Waals surface area (Å²) in [5.41, 5.74) is 11.6. The van der Waals surface area contributed by atoms with Crippen LogP contribution in [0.15, 0.2) is 52.4 Å². The number of guanidine groups is 2. The fourth-order valence-corrected chi connectivity index (χ4v) is 6.36.